The zero-order valence-electron chi connectivity index (χ0n) is 10.0. The van der Waals surface area contributed by atoms with Crippen LogP contribution in [0.15, 0.2) is 12.1 Å². The van der Waals surface area contributed by atoms with Crippen LogP contribution in [0.2, 0.25) is 10.0 Å². The summed E-state index contributed by atoms with van der Waals surface area (Å²) in [5.41, 5.74) is -1.45. The molecule has 0 unspecified atom stereocenters. The molecule has 0 fully saturated rings. The van der Waals surface area contributed by atoms with Crippen LogP contribution >= 0.6 is 23.2 Å². The standard InChI is InChI=1S/C11H7Cl2F6NO/c12-7-2-5(1-6(9(7)13)11(17,18)19)3-8(21)20-4-10(14,15)16/h1-2H,3-4H2,(H,20,21). The molecular weight excluding hydrogens is 347 g/mol. The predicted molar refractivity (Wildman–Crippen MR) is 64.2 cm³/mol. The van der Waals surface area contributed by atoms with Gasteiger partial charge < -0.3 is 5.32 Å². The Morgan fingerprint density at radius 3 is 2.14 bits per heavy atom. The van der Waals surface area contributed by atoms with Gasteiger partial charge in [0.1, 0.15) is 6.54 Å². The number of alkyl halides is 6. The molecule has 21 heavy (non-hydrogen) atoms. The molecule has 1 amide bonds. The number of halogens is 8. The van der Waals surface area contributed by atoms with Crippen LogP contribution in [0.4, 0.5) is 26.3 Å². The van der Waals surface area contributed by atoms with Crippen molar-refractivity contribution < 1.29 is 31.1 Å². The van der Waals surface area contributed by atoms with E-state index in [1.165, 1.54) is 0 Å². The van der Waals surface area contributed by atoms with Gasteiger partial charge in [-0.15, -0.1) is 0 Å². The first-order valence-electron chi connectivity index (χ1n) is 5.28. The van der Waals surface area contributed by atoms with Crippen LogP contribution in [0.5, 0.6) is 0 Å². The first-order valence-corrected chi connectivity index (χ1v) is 6.04. The highest BCUT2D eigenvalue weighted by Gasteiger charge is 2.34. The maximum absolute atomic E-state index is 12.7. The lowest BCUT2D eigenvalue weighted by molar-refractivity contribution is -0.138. The lowest BCUT2D eigenvalue weighted by Crippen LogP contribution is -2.34. The highest BCUT2D eigenvalue weighted by Crippen LogP contribution is 2.39. The van der Waals surface area contributed by atoms with Gasteiger partial charge in [-0.3, -0.25) is 4.79 Å². The smallest absolute Gasteiger partial charge is 0.347 e. The number of hydrogen-bond acceptors (Lipinski definition) is 1. The topological polar surface area (TPSA) is 29.1 Å². The van der Waals surface area contributed by atoms with Crippen LogP contribution in [-0.2, 0) is 17.4 Å². The number of benzene rings is 1. The zero-order valence-corrected chi connectivity index (χ0v) is 11.5. The number of rotatable bonds is 3. The highest BCUT2D eigenvalue weighted by atomic mass is 35.5. The Bertz CT molecular complexity index is 541. The lowest BCUT2D eigenvalue weighted by Gasteiger charge is -2.13. The minimum atomic E-state index is -4.79. The number of amides is 1. The third-order valence-electron chi connectivity index (χ3n) is 2.24. The molecule has 0 saturated carbocycles. The van der Waals surface area contributed by atoms with E-state index in [1.807, 2.05) is 0 Å². The van der Waals surface area contributed by atoms with Crippen LogP contribution in [-0.4, -0.2) is 18.6 Å². The fourth-order valence-electron chi connectivity index (χ4n) is 1.40. The van der Waals surface area contributed by atoms with Gasteiger partial charge in [-0.2, -0.15) is 26.3 Å². The summed E-state index contributed by atoms with van der Waals surface area (Å²) in [4.78, 5) is 11.2. The van der Waals surface area contributed by atoms with Gasteiger partial charge in [-0.05, 0) is 17.7 Å². The second-order valence-corrected chi connectivity index (χ2v) is 4.79. The summed E-state index contributed by atoms with van der Waals surface area (Å²) in [6.45, 7) is -1.57. The Hall–Kier alpha value is -1.15. The average molecular weight is 354 g/mol. The second kappa shape index (κ2) is 6.31. The number of carbonyl (C=O) groups is 1. The van der Waals surface area contributed by atoms with Crippen molar-refractivity contribution in [2.45, 2.75) is 18.8 Å². The molecule has 0 radical (unpaired) electrons. The Morgan fingerprint density at radius 2 is 1.67 bits per heavy atom. The average Bonchev–Trinajstić information content (AvgIpc) is 2.28. The minimum Gasteiger partial charge on any atom is -0.347 e. The molecule has 118 valence electrons. The molecule has 0 spiro atoms. The first kappa shape index (κ1) is 17.9. The second-order valence-electron chi connectivity index (χ2n) is 4.01. The Morgan fingerprint density at radius 1 is 1.10 bits per heavy atom. The highest BCUT2D eigenvalue weighted by molar-refractivity contribution is 6.42. The molecule has 10 heteroatoms. The van der Waals surface area contributed by atoms with Gasteiger partial charge >= 0.3 is 12.4 Å². The monoisotopic (exact) mass is 353 g/mol. The van der Waals surface area contributed by atoms with E-state index in [-0.39, 0.29) is 5.56 Å². The van der Waals surface area contributed by atoms with Crippen molar-refractivity contribution in [3.8, 4) is 0 Å². The molecule has 0 aromatic heterocycles. The van der Waals surface area contributed by atoms with Gasteiger partial charge in [0.2, 0.25) is 5.91 Å². The van der Waals surface area contributed by atoms with Crippen molar-refractivity contribution in [1.82, 2.24) is 5.32 Å². The number of hydrogen-bond donors (Lipinski definition) is 1. The fraction of sp³-hybridized carbons (Fsp3) is 0.364. The number of carbonyl (C=O) groups excluding carboxylic acids is 1. The molecule has 2 nitrogen and oxygen atoms in total. The summed E-state index contributed by atoms with van der Waals surface area (Å²) >= 11 is 10.9. The van der Waals surface area contributed by atoms with Crippen LogP contribution in [0.3, 0.4) is 0 Å². The van der Waals surface area contributed by atoms with Crippen molar-refractivity contribution >= 4 is 29.1 Å². The molecular formula is C11H7Cl2F6NO. The first-order chi connectivity index (χ1) is 9.40. The molecule has 1 aromatic carbocycles. The van der Waals surface area contributed by atoms with Gasteiger partial charge in [0.25, 0.3) is 0 Å². The van der Waals surface area contributed by atoms with Gasteiger partial charge in [-0.1, -0.05) is 23.2 Å². The quantitative estimate of drug-likeness (QED) is 0.809. The van der Waals surface area contributed by atoms with Crippen LogP contribution in [0.1, 0.15) is 11.1 Å². The minimum absolute atomic E-state index is 0.198. The Labute approximate surface area is 125 Å². The van der Waals surface area contributed by atoms with Crippen LogP contribution in [0, 0.1) is 0 Å². The van der Waals surface area contributed by atoms with E-state index in [9.17, 15) is 31.1 Å². The van der Waals surface area contributed by atoms with E-state index < -0.39 is 46.8 Å². The van der Waals surface area contributed by atoms with Gasteiger partial charge in [0.05, 0.1) is 22.0 Å². The van der Waals surface area contributed by atoms with E-state index in [0.29, 0.717) is 6.07 Å². The Balaban J connectivity index is 2.90. The maximum atomic E-state index is 12.7. The van der Waals surface area contributed by atoms with Crippen molar-refractivity contribution in [2.24, 2.45) is 0 Å². The van der Waals surface area contributed by atoms with Crippen LogP contribution in [0.25, 0.3) is 0 Å². The van der Waals surface area contributed by atoms with Crippen molar-refractivity contribution in [3.63, 3.8) is 0 Å². The van der Waals surface area contributed by atoms with Crippen molar-refractivity contribution in [2.75, 3.05) is 6.54 Å². The van der Waals surface area contributed by atoms with E-state index in [1.54, 1.807) is 5.32 Å². The summed E-state index contributed by atoms with van der Waals surface area (Å²) in [5.74, 6) is -1.08. The maximum Gasteiger partial charge on any atom is 0.417 e. The Kier molecular flexibility index (Phi) is 5.38. The van der Waals surface area contributed by atoms with E-state index >= 15 is 0 Å². The molecule has 0 heterocycles. The fourth-order valence-corrected chi connectivity index (χ4v) is 1.86. The van der Waals surface area contributed by atoms with Gasteiger partial charge in [-0.25, -0.2) is 0 Å². The third kappa shape index (κ3) is 5.62. The summed E-state index contributed by atoms with van der Waals surface area (Å²) in [6.07, 6.45) is -10.1. The molecule has 0 aliphatic carbocycles. The third-order valence-corrected chi connectivity index (χ3v) is 3.05. The van der Waals surface area contributed by atoms with Crippen molar-refractivity contribution in [3.05, 3.63) is 33.3 Å². The SMILES string of the molecule is O=C(Cc1cc(Cl)c(Cl)c(C(F)(F)F)c1)NCC(F)(F)F. The largest absolute Gasteiger partial charge is 0.417 e. The molecule has 1 aromatic rings. The summed E-state index contributed by atoms with van der Waals surface area (Å²) < 4.78 is 73.6. The summed E-state index contributed by atoms with van der Waals surface area (Å²) in [6, 6.07) is 1.56. The molecule has 0 atom stereocenters. The molecule has 0 aliphatic rings. The van der Waals surface area contributed by atoms with Gasteiger partial charge in [0.15, 0.2) is 0 Å². The predicted octanol–water partition coefficient (Wildman–Crippen LogP) is 4.23. The summed E-state index contributed by atoms with van der Waals surface area (Å²) in [5, 5.41) is 0.370. The molecule has 1 N–H and O–H groups in total. The normalized spacial score (nSPS) is 12.4. The summed E-state index contributed by atoms with van der Waals surface area (Å²) in [7, 11) is 0. The van der Waals surface area contributed by atoms with Crippen molar-refractivity contribution in [1.29, 1.82) is 0 Å². The molecule has 1 rings (SSSR count). The number of nitrogens with one attached hydrogen (secondary N) is 1. The van der Waals surface area contributed by atoms with E-state index in [0.717, 1.165) is 6.07 Å². The van der Waals surface area contributed by atoms with Crippen LogP contribution < -0.4 is 5.32 Å². The molecule has 0 saturated heterocycles. The van der Waals surface area contributed by atoms with E-state index in [4.69, 9.17) is 23.2 Å². The molecule has 0 aliphatic heterocycles. The van der Waals surface area contributed by atoms with Gasteiger partial charge in [0, 0.05) is 0 Å². The molecule has 0 bridgehead atoms. The zero-order chi connectivity index (χ0) is 16.4. The van der Waals surface area contributed by atoms with E-state index in [2.05, 4.69) is 0 Å². The lowest BCUT2D eigenvalue weighted by atomic mass is 10.1.